The molecule has 0 bridgehead atoms. The lowest BCUT2D eigenvalue weighted by atomic mass is 10.5. The van der Waals surface area contributed by atoms with E-state index in [4.69, 9.17) is 15.3 Å². The molecule has 15 heavy (non-hydrogen) atoms. The number of aromatic carboxylic acids is 1. The third-order valence-electron chi connectivity index (χ3n) is 1.51. The minimum absolute atomic E-state index is 0.00276. The Morgan fingerprint density at radius 2 is 2.47 bits per heavy atom. The molecule has 0 saturated carbocycles. The Balaban J connectivity index is 2.23. The monoisotopic (exact) mass is 226 g/mol. The maximum absolute atomic E-state index is 10.7. The molecule has 0 radical (unpaired) electrons. The molecule has 0 saturated heterocycles. The van der Waals surface area contributed by atoms with Crippen molar-refractivity contribution in [2.45, 2.75) is 0 Å². The molecule has 7 nitrogen and oxygen atoms in total. The first kappa shape index (κ1) is 9.46. The largest absolute Gasteiger partial charge is 0.477 e. The zero-order valence-corrected chi connectivity index (χ0v) is 8.11. The van der Waals surface area contributed by atoms with E-state index in [0.29, 0.717) is 11.0 Å². The average molecular weight is 226 g/mol. The zero-order chi connectivity index (χ0) is 10.8. The van der Waals surface area contributed by atoms with E-state index in [9.17, 15) is 4.79 Å². The van der Waals surface area contributed by atoms with Crippen molar-refractivity contribution in [2.75, 3.05) is 11.1 Å². The predicted octanol–water partition coefficient (Wildman–Crippen LogP) is 1.16. The van der Waals surface area contributed by atoms with Gasteiger partial charge in [0, 0.05) is 0 Å². The lowest BCUT2D eigenvalue weighted by Gasteiger charge is -1.93. The SMILES string of the molecule is Nc1nc(Nc2cnco2)sc1C(=O)O. The first-order valence-corrected chi connectivity index (χ1v) is 4.63. The summed E-state index contributed by atoms with van der Waals surface area (Å²) in [5, 5.41) is 11.8. The second-order valence-corrected chi connectivity index (χ2v) is 3.53. The first-order valence-electron chi connectivity index (χ1n) is 3.82. The maximum atomic E-state index is 10.7. The molecule has 8 heteroatoms. The van der Waals surface area contributed by atoms with Gasteiger partial charge in [0.15, 0.2) is 22.2 Å². The summed E-state index contributed by atoms with van der Waals surface area (Å²) in [7, 11) is 0. The van der Waals surface area contributed by atoms with Crippen LogP contribution in [0.15, 0.2) is 17.0 Å². The topological polar surface area (TPSA) is 114 Å². The van der Waals surface area contributed by atoms with Gasteiger partial charge in [-0.25, -0.2) is 14.8 Å². The number of nitrogens with one attached hydrogen (secondary N) is 1. The van der Waals surface area contributed by atoms with E-state index in [1.165, 1.54) is 12.6 Å². The van der Waals surface area contributed by atoms with E-state index in [0.717, 1.165) is 11.3 Å². The fraction of sp³-hybridized carbons (Fsp3) is 0. The van der Waals surface area contributed by atoms with Crippen LogP contribution in [0.1, 0.15) is 9.67 Å². The van der Waals surface area contributed by atoms with E-state index < -0.39 is 5.97 Å². The number of oxazole rings is 1. The Morgan fingerprint density at radius 1 is 1.67 bits per heavy atom. The van der Waals surface area contributed by atoms with Crippen LogP contribution in [-0.4, -0.2) is 21.0 Å². The number of hydrogen-bond acceptors (Lipinski definition) is 7. The van der Waals surface area contributed by atoms with E-state index in [1.54, 1.807) is 0 Å². The standard InChI is InChI=1S/C7H6N4O3S/c8-5-4(6(12)13)15-7(11-5)10-3-1-9-2-14-3/h1-2H,8H2,(H,10,11)(H,12,13). The van der Waals surface area contributed by atoms with Crippen molar-refractivity contribution in [1.29, 1.82) is 0 Å². The van der Waals surface area contributed by atoms with Gasteiger partial charge < -0.3 is 20.6 Å². The van der Waals surface area contributed by atoms with Crippen LogP contribution in [0.5, 0.6) is 0 Å². The average Bonchev–Trinajstić information content (AvgIpc) is 2.75. The Hall–Kier alpha value is -2.09. The van der Waals surface area contributed by atoms with Gasteiger partial charge in [-0.05, 0) is 0 Å². The highest BCUT2D eigenvalue weighted by atomic mass is 32.1. The molecule has 2 heterocycles. The molecule has 0 fully saturated rings. The summed E-state index contributed by atoms with van der Waals surface area (Å²) in [5.74, 6) is -0.745. The molecule has 0 unspecified atom stereocenters. The fourth-order valence-corrected chi connectivity index (χ4v) is 1.65. The molecule has 0 aromatic carbocycles. The molecular formula is C7H6N4O3S. The summed E-state index contributed by atoms with van der Waals surface area (Å²) < 4.78 is 4.90. The normalized spacial score (nSPS) is 10.1. The molecule has 2 rings (SSSR count). The van der Waals surface area contributed by atoms with E-state index in [-0.39, 0.29) is 10.7 Å². The quantitative estimate of drug-likeness (QED) is 0.719. The minimum Gasteiger partial charge on any atom is -0.477 e. The van der Waals surface area contributed by atoms with Crippen molar-refractivity contribution in [2.24, 2.45) is 0 Å². The van der Waals surface area contributed by atoms with Crippen LogP contribution in [-0.2, 0) is 0 Å². The van der Waals surface area contributed by atoms with Gasteiger partial charge in [0.2, 0.25) is 5.88 Å². The zero-order valence-electron chi connectivity index (χ0n) is 7.30. The van der Waals surface area contributed by atoms with Crippen molar-refractivity contribution in [3.8, 4) is 0 Å². The number of aromatic nitrogens is 2. The molecule has 4 N–H and O–H groups in total. The fourth-order valence-electron chi connectivity index (χ4n) is 0.922. The Bertz CT molecular complexity index is 478. The summed E-state index contributed by atoms with van der Waals surface area (Å²) in [6.45, 7) is 0. The number of nitrogen functional groups attached to an aromatic ring is 1. The molecule has 2 aromatic rings. The molecule has 78 valence electrons. The molecule has 0 aliphatic carbocycles. The van der Waals surface area contributed by atoms with Crippen molar-refractivity contribution >= 4 is 34.1 Å². The van der Waals surface area contributed by atoms with Gasteiger partial charge in [-0.1, -0.05) is 11.3 Å². The van der Waals surface area contributed by atoms with Crippen molar-refractivity contribution in [3.05, 3.63) is 17.5 Å². The van der Waals surface area contributed by atoms with Gasteiger partial charge in [0.05, 0.1) is 6.20 Å². The van der Waals surface area contributed by atoms with Crippen LogP contribution in [0.2, 0.25) is 0 Å². The number of carbonyl (C=O) groups is 1. The summed E-state index contributed by atoms with van der Waals surface area (Å²) >= 11 is 0.931. The third kappa shape index (κ3) is 1.89. The van der Waals surface area contributed by atoms with Gasteiger partial charge in [0.25, 0.3) is 0 Å². The Labute approximate surface area is 87.6 Å². The highest BCUT2D eigenvalue weighted by Gasteiger charge is 2.15. The van der Waals surface area contributed by atoms with Crippen molar-refractivity contribution in [1.82, 2.24) is 9.97 Å². The van der Waals surface area contributed by atoms with Crippen LogP contribution in [0.3, 0.4) is 0 Å². The molecule has 0 amide bonds. The summed E-state index contributed by atoms with van der Waals surface area (Å²) in [6.07, 6.45) is 2.69. The number of nitrogens with zero attached hydrogens (tertiary/aromatic N) is 2. The van der Waals surface area contributed by atoms with Gasteiger partial charge >= 0.3 is 5.97 Å². The molecule has 0 atom stereocenters. The van der Waals surface area contributed by atoms with Gasteiger partial charge in [-0.2, -0.15) is 0 Å². The highest BCUT2D eigenvalue weighted by Crippen LogP contribution is 2.27. The lowest BCUT2D eigenvalue weighted by molar-refractivity contribution is 0.0703. The highest BCUT2D eigenvalue weighted by molar-refractivity contribution is 7.18. The molecule has 0 aliphatic heterocycles. The second kappa shape index (κ2) is 3.58. The first-order chi connectivity index (χ1) is 7.16. The van der Waals surface area contributed by atoms with Crippen LogP contribution < -0.4 is 11.1 Å². The van der Waals surface area contributed by atoms with Crippen LogP contribution >= 0.6 is 11.3 Å². The van der Waals surface area contributed by atoms with Crippen LogP contribution in [0.4, 0.5) is 16.8 Å². The number of rotatable bonds is 3. The van der Waals surface area contributed by atoms with Crippen LogP contribution in [0.25, 0.3) is 0 Å². The maximum Gasteiger partial charge on any atom is 0.349 e. The van der Waals surface area contributed by atoms with E-state index in [1.807, 2.05) is 0 Å². The number of carboxylic acids is 1. The smallest absolute Gasteiger partial charge is 0.349 e. The lowest BCUT2D eigenvalue weighted by Crippen LogP contribution is -1.97. The van der Waals surface area contributed by atoms with E-state index >= 15 is 0 Å². The molecule has 0 spiro atoms. The van der Waals surface area contributed by atoms with E-state index in [2.05, 4.69) is 15.3 Å². The minimum atomic E-state index is -1.10. The number of hydrogen-bond donors (Lipinski definition) is 3. The van der Waals surface area contributed by atoms with Crippen molar-refractivity contribution < 1.29 is 14.3 Å². The number of nitrogens with two attached hydrogens (primary N) is 1. The second-order valence-electron chi connectivity index (χ2n) is 2.53. The molecule has 2 aromatic heterocycles. The van der Waals surface area contributed by atoms with Gasteiger partial charge in [-0.15, -0.1) is 0 Å². The number of anilines is 3. The summed E-state index contributed by atoms with van der Waals surface area (Å²) in [4.78, 5) is 18.2. The van der Waals surface area contributed by atoms with Crippen molar-refractivity contribution in [3.63, 3.8) is 0 Å². The Morgan fingerprint density at radius 3 is 3.00 bits per heavy atom. The van der Waals surface area contributed by atoms with Crippen LogP contribution in [0, 0.1) is 0 Å². The third-order valence-corrected chi connectivity index (χ3v) is 2.48. The molecule has 0 aliphatic rings. The van der Waals surface area contributed by atoms with Gasteiger partial charge in [-0.3, -0.25) is 0 Å². The Kier molecular flexibility index (Phi) is 2.26. The molecular weight excluding hydrogens is 220 g/mol. The number of carboxylic acid groups (broad SMARTS) is 1. The van der Waals surface area contributed by atoms with Gasteiger partial charge in [0.1, 0.15) is 0 Å². The summed E-state index contributed by atoms with van der Waals surface area (Å²) in [6, 6.07) is 0. The summed E-state index contributed by atoms with van der Waals surface area (Å²) in [5.41, 5.74) is 5.40. The predicted molar refractivity (Wildman–Crippen MR) is 53.3 cm³/mol. The number of thiazole rings is 1.